The van der Waals surface area contributed by atoms with Gasteiger partial charge in [-0.1, -0.05) is 50.0 Å². The van der Waals surface area contributed by atoms with E-state index in [0.717, 1.165) is 25.1 Å². The number of amides is 1. The Balaban J connectivity index is 2.05. The number of hydrogen-bond acceptors (Lipinski definition) is 2. The molecule has 5 heteroatoms. The van der Waals surface area contributed by atoms with Crippen LogP contribution in [0.2, 0.25) is 10.0 Å². The normalized spacial score (nSPS) is 20.0. The Bertz CT molecular complexity index is 534. The first-order chi connectivity index (χ1) is 10.3. The zero-order chi connectivity index (χ0) is 16.3. The van der Waals surface area contributed by atoms with Crippen molar-refractivity contribution in [2.24, 2.45) is 17.3 Å². The van der Waals surface area contributed by atoms with Gasteiger partial charge < -0.3 is 10.6 Å². The Morgan fingerprint density at radius 3 is 2.68 bits per heavy atom. The minimum atomic E-state index is -0.0649. The van der Waals surface area contributed by atoms with E-state index in [1.807, 2.05) is 6.07 Å². The molecule has 0 radical (unpaired) electrons. The monoisotopic (exact) mass is 342 g/mol. The summed E-state index contributed by atoms with van der Waals surface area (Å²) in [6.45, 7) is 8.73. The summed E-state index contributed by atoms with van der Waals surface area (Å²) in [5.74, 6) is 0.487. The van der Waals surface area contributed by atoms with Crippen molar-refractivity contribution in [2.75, 3.05) is 13.1 Å². The third kappa shape index (κ3) is 4.37. The topological polar surface area (TPSA) is 41.1 Å². The maximum absolute atomic E-state index is 12.7. The number of hydrogen-bond donors (Lipinski definition) is 2. The molecule has 0 spiro atoms. The summed E-state index contributed by atoms with van der Waals surface area (Å²) < 4.78 is 0. The van der Waals surface area contributed by atoms with Gasteiger partial charge in [0, 0.05) is 22.5 Å². The second kappa shape index (κ2) is 7.20. The van der Waals surface area contributed by atoms with Crippen LogP contribution in [0.15, 0.2) is 18.2 Å². The van der Waals surface area contributed by atoms with Gasteiger partial charge in [0.25, 0.3) is 0 Å². The van der Waals surface area contributed by atoms with Gasteiger partial charge in [-0.25, -0.2) is 0 Å². The Morgan fingerprint density at radius 1 is 1.41 bits per heavy atom. The van der Waals surface area contributed by atoms with Gasteiger partial charge in [0.15, 0.2) is 0 Å². The van der Waals surface area contributed by atoms with Crippen molar-refractivity contribution in [3.63, 3.8) is 0 Å². The second-order valence-electron chi connectivity index (χ2n) is 7.05. The van der Waals surface area contributed by atoms with Crippen molar-refractivity contribution >= 4 is 29.1 Å². The molecule has 1 aliphatic rings. The van der Waals surface area contributed by atoms with E-state index in [0.29, 0.717) is 22.5 Å². The molecule has 122 valence electrons. The third-order valence-electron chi connectivity index (χ3n) is 4.25. The molecule has 22 heavy (non-hydrogen) atoms. The highest BCUT2D eigenvalue weighted by atomic mass is 35.5. The summed E-state index contributed by atoms with van der Waals surface area (Å²) in [6.07, 6.45) is 1.05. The van der Waals surface area contributed by atoms with Crippen LogP contribution in [0.3, 0.4) is 0 Å². The fourth-order valence-electron chi connectivity index (χ4n) is 3.23. The molecule has 1 aliphatic heterocycles. The van der Waals surface area contributed by atoms with E-state index in [2.05, 4.69) is 31.4 Å². The van der Waals surface area contributed by atoms with Gasteiger partial charge in [-0.05, 0) is 48.5 Å². The number of carbonyl (C=O) groups is 1. The average Bonchev–Trinajstić information content (AvgIpc) is 2.89. The molecule has 1 amide bonds. The van der Waals surface area contributed by atoms with Crippen molar-refractivity contribution in [3.05, 3.63) is 33.8 Å². The van der Waals surface area contributed by atoms with Crippen LogP contribution < -0.4 is 10.6 Å². The predicted molar refractivity (Wildman–Crippen MR) is 92.2 cm³/mol. The summed E-state index contributed by atoms with van der Waals surface area (Å²) in [6, 6.07) is 5.35. The zero-order valence-electron chi connectivity index (χ0n) is 13.4. The Kier molecular flexibility index (Phi) is 5.76. The lowest BCUT2D eigenvalue weighted by Crippen LogP contribution is -2.42. The lowest BCUT2D eigenvalue weighted by molar-refractivity contribution is -0.130. The minimum absolute atomic E-state index is 0.00595. The molecular formula is C17H24Cl2N2O. The maximum Gasteiger partial charge on any atom is 0.224 e. The van der Waals surface area contributed by atoms with Crippen molar-refractivity contribution < 1.29 is 4.79 Å². The smallest absolute Gasteiger partial charge is 0.224 e. The SMILES string of the molecule is CC(C)(C)C(C(=O)NCc1ccc(Cl)cc1Cl)[C@@H]1CCNC1. The molecule has 1 fully saturated rings. The van der Waals surface area contributed by atoms with Crippen LogP contribution in [-0.2, 0) is 11.3 Å². The molecule has 2 atom stereocenters. The van der Waals surface area contributed by atoms with Crippen molar-refractivity contribution in [2.45, 2.75) is 33.7 Å². The summed E-state index contributed by atoms with van der Waals surface area (Å²) in [5.41, 5.74) is 0.821. The molecule has 3 nitrogen and oxygen atoms in total. The van der Waals surface area contributed by atoms with Crippen molar-refractivity contribution in [1.82, 2.24) is 10.6 Å². The molecule has 1 heterocycles. The Morgan fingerprint density at radius 2 is 2.14 bits per heavy atom. The largest absolute Gasteiger partial charge is 0.352 e. The summed E-state index contributed by atoms with van der Waals surface area (Å²) in [4.78, 5) is 12.7. The molecule has 1 unspecified atom stereocenters. The summed E-state index contributed by atoms with van der Waals surface area (Å²) >= 11 is 12.1. The fraction of sp³-hybridized carbons (Fsp3) is 0.588. The number of carbonyl (C=O) groups excluding carboxylic acids is 1. The number of rotatable bonds is 4. The van der Waals surface area contributed by atoms with Gasteiger partial charge in [0.05, 0.1) is 0 Å². The van der Waals surface area contributed by atoms with Crippen LogP contribution in [0.1, 0.15) is 32.8 Å². The molecule has 0 aliphatic carbocycles. The van der Waals surface area contributed by atoms with Crippen LogP contribution in [0.5, 0.6) is 0 Å². The minimum Gasteiger partial charge on any atom is -0.352 e. The summed E-state index contributed by atoms with van der Waals surface area (Å²) in [5, 5.41) is 7.59. The molecular weight excluding hydrogens is 319 g/mol. The lowest BCUT2D eigenvalue weighted by atomic mass is 9.72. The second-order valence-corrected chi connectivity index (χ2v) is 7.89. The Labute approximate surface area is 142 Å². The highest BCUT2D eigenvalue weighted by molar-refractivity contribution is 6.35. The quantitative estimate of drug-likeness (QED) is 0.871. The van der Waals surface area contributed by atoms with E-state index in [1.54, 1.807) is 12.1 Å². The molecule has 1 aromatic carbocycles. The molecule has 0 aromatic heterocycles. The molecule has 0 saturated carbocycles. The van der Waals surface area contributed by atoms with Gasteiger partial charge in [0.2, 0.25) is 5.91 Å². The van der Waals surface area contributed by atoms with Gasteiger partial charge in [-0.15, -0.1) is 0 Å². The Hall–Kier alpha value is -0.770. The highest BCUT2D eigenvalue weighted by Crippen LogP contribution is 2.35. The van der Waals surface area contributed by atoms with Crippen LogP contribution in [-0.4, -0.2) is 19.0 Å². The maximum atomic E-state index is 12.7. The van der Waals surface area contributed by atoms with E-state index >= 15 is 0 Å². The van der Waals surface area contributed by atoms with E-state index in [1.165, 1.54) is 0 Å². The van der Waals surface area contributed by atoms with Gasteiger partial charge in [-0.3, -0.25) is 4.79 Å². The standard InChI is InChI=1S/C17H24Cl2N2O/c1-17(2,3)15(12-6-7-20-9-12)16(22)21-10-11-4-5-13(18)8-14(11)19/h4-5,8,12,15,20H,6-7,9-10H2,1-3H3,(H,21,22)/t12-,15?/m1/s1. The molecule has 0 bridgehead atoms. The predicted octanol–water partition coefficient (Wildman–Crippen LogP) is 3.88. The van der Waals surface area contributed by atoms with Crippen LogP contribution in [0.4, 0.5) is 0 Å². The third-order valence-corrected chi connectivity index (χ3v) is 4.84. The first-order valence-corrected chi connectivity index (χ1v) is 8.47. The number of nitrogens with one attached hydrogen (secondary N) is 2. The van der Waals surface area contributed by atoms with E-state index < -0.39 is 0 Å². The molecule has 1 aromatic rings. The number of benzene rings is 1. The zero-order valence-corrected chi connectivity index (χ0v) is 14.9. The fourth-order valence-corrected chi connectivity index (χ4v) is 3.71. The van der Waals surface area contributed by atoms with E-state index in [9.17, 15) is 4.79 Å². The highest BCUT2D eigenvalue weighted by Gasteiger charge is 2.38. The summed E-state index contributed by atoms with van der Waals surface area (Å²) in [7, 11) is 0. The van der Waals surface area contributed by atoms with Crippen LogP contribution in [0, 0.1) is 17.3 Å². The number of halogens is 2. The van der Waals surface area contributed by atoms with E-state index in [-0.39, 0.29) is 17.2 Å². The van der Waals surface area contributed by atoms with Gasteiger partial charge >= 0.3 is 0 Å². The van der Waals surface area contributed by atoms with Crippen LogP contribution >= 0.6 is 23.2 Å². The van der Waals surface area contributed by atoms with Gasteiger partial charge in [0.1, 0.15) is 0 Å². The first kappa shape index (κ1) is 17.6. The molecule has 1 saturated heterocycles. The van der Waals surface area contributed by atoms with Crippen molar-refractivity contribution in [3.8, 4) is 0 Å². The lowest BCUT2D eigenvalue weighted by Gasteiger charge is -2.34. The van der Waals surface area contributed by atoms with Crippen LogP contribution in [0.25, 0.3) is 0 Å². The average molecular weight is 343 g/mol. The van der Waals surface area contributed by atoms with Gasteiger partial charge in [-0.2, -0.15) is 0 Å². The van der Waals surface area contributed by atoms with E-state index in [4.69, 9.17) is 23.2 Å². The first-order valence-electron chi connectivity index (χ1n) is 7.71. The molecule has 2 rings (SSSR count). The van der Waals surface area contributed by atoms with Crippen molar-refractivity contribution in [1.29, 1.82) is 0 Å². The molecule has 2 N–H and O–H groups in total.